The number of benzene rings is 1. The summed E-state index contributed by atoms with van der Waals surface area (Å²) in [5, 5.41) is 2.38. The van der Waals surface area contributed by atoms with Crippen LogP contribution in [0.5, 0.6) is 5.75 Å². The Labute approximate surface area is 180 Å². The number of imidazole rings is 1. The standard InChI is InChI=1S/C20H24N4O6S/c1-21-20(25)30-16-6-7-19-22-13-18(24(19)14-16)15-4-3-5-17(12-15)31(26,27)23-8-9-29-11-10-28-2/h3-7,12-14,23H,8-11H2,1-2H3,(H,21,25). The number of amides is 1. The Morgan fingerprint density at radius 2 is 2.00 bits per heavy atom. The molecule has 2 aromatic heterocycles. The number of pyridine rings is 1. The molecule has 2 heterocycles. The van der Waals surface area contributed by atoms with E-state index < -0.39 is 16.1 Å². The van der Waals surface area contributed by atoms with Crippen molar-refractivity contribution in [3.05, 3.63) is 48.8 Å². The van der Waals surface area contributed by atoms with E-state index in [-0.39, 0.29) is 18.0 Å². The molecule has 10 nitrogen and oxygen atoms in total. The first-order valence-corrected chi connectivity index (χ1v) is 11.0. The lowest BCUT2D eigenvalue weighted by Crippen LogP contribution is -2.27. The van der Waals surface area contributed by atoms with E-state index in [0.717, 1.165) is 0 Å². The molecule has 1 amide bonds. The van der Waals surface area contributed by atoms with Crippen LogP contribution in [0.4, 0.5) is 4.79 Å². The summed E-state index contributed by atoms with van der Waals surface area (Å²) in [4.78, 5) is 15.9. The smallest absolute Gasteiger partial charge is 0.409 e. The van der Waals surface area contributed by atoms with Crippen molar-refractivity contribution >= 4 is 21.8 Å². The number of fused-ring (bicyclic) bond motifs is 1. The Bertz CT molecular complexity index is 1150. The van der Waals surface area contributed by atoms with Gasteiger partial charge in [-0.15, -0.1) is 0 Å². The maximum absolute atomic E-state index is 12.6. The van der Waals surface area contributed by atoms with Crippen molar-refractivity contribution < 1.29 is 27.4 Å². The number of sulfonamides is 1. The first-order chi connectivity index (χ1) is 14.9. The summed E-state index contributed by atoms with van der Waals surface area (Å²) < 4.78 is 44.8. The van der Waals surface area contributed by atoms with Crippen molar-refractivity contribution in [2.75, 3.05) is 40.5 Å². The highest BCUT2D eigenvalue weighted by atomic mass is 32.2. The summed E-state index contributed by atoms with van der Waals surface area (Å²) in [7, 11) is -0.680. The lowest BCUT2D eigenvalue weighted by molar-refractivity contribution is 0.0736. The summed E-state index contributed by atoms with van der Waals surface area (Å²) >= 11 is 0. The Morgan fingerprint density at radius 3 is 2.77 bits per heavy atom. The number of ether oxygens (including phenoxy) is 3. The predicted octanol–water partition coefficient (Wildman–Crippen LogP) is 1.66. The van der Waals surface area contributed by atoms with Gasteiger partial charge in [-0.25, -0.2) is 22.9 Å². The molecule has 3 aromatic rings. The average Bonchev–Trinajstić information content (AvgIpc) is 3.19. The Hall–Kier alpha value is -2.99. The molecule has 11 heteroatoms. The zero-order valence-corrected chi connectivity index (χ0v) is 18.0. The van der Waals surface area contributed by atoms with Crippen LogP contribution in [0, 0.1) is 0 Å². The molecular formula is C20H24N4O6S. The second-order valence-corrected chi connectivity index (χ2v) is 8.17. The van der Waals surface area contributed by atoms with Crippen LogP contribution < -0.4 is 14.8 Å². The van der Waals surface area contributed by atoms with Crippen LogP contribution in [0.1, 0.15) is 0 Å². The van der Waals surface area contributed by atoms with E-state index in [4.69, 9.17) is 14.2 Å². The quantitative estimate of drug-likeness (QED) is 0.453. The second kappa shape index (κ2) is 10.4. The first kappa shape index (κ1) is 22.7. The van der Waals surface area contributed by atoms with E-state index in [9.17, 15) is 13.2 Å². The Balaban J connectivity index is 1.80. The van der Waals surface area contributed by atoms with Gasteiger partial charge in [-0.2, -0.15) is 0 Å². The normalized spacial score (nSPS) is 11.5. The molecule has 0 saturated heterocycles. The van der Waals surface area contributed by atoms with Gasteiger partial charge in [-0.1, -0.05) is 12.1 Å². The van der Waals surface area contributed by atoms with Gasteiger partial charge in [-0.3, -0.25) is 4.40 Å². The molecule has 0 aliphatic carbocycles. The molecule has 0 fully saturated rings. The maximum atomic E-state index is 12.6. The number of hydrogen-bond acceptors (Lipinski definition) is 7. The van der Waals surface area contributed by atoms with Gasteiger partial charge in [0.1, 0.15) is 11.4 Å². The first-order valence-electron chi connectivity index (χ1n) is 9.48. The molecule has 0 radical (unpaired) electrons. The number of nitrogens with zero attached hydrogens (tertiary/aromatic N) is 2. The lowest BCUT2D eigenvalue weighted by atomic mass is 10.2. The van der Waals surface area contributed by atoms with Crippen LogP contribution in [0.3, 0.4) is 0 Å². The number of hydrogen-bond donors (Lipinski definition) is 2. The van der Waals surface area contributed by atoms with Gasteiger partial charge in [0.2, 0.25) is 10.0 Å². The number of methoxy groups -OCH3 is 1. The highest BCUT2D eigenvalue weighted by Crippen LogP contribution is 2.25. The van der Waals surface area contributed by atoms with E-state index in [1.165, 1.54) is 13.1 Å². The third-order valence-corrected chi connectivity index (χ3v) is 5.76. The van der Waals surface area contributed by atoms with Crippen molar-refractivity contribution in [3.63, 3.8) is 0 Å². The molecule has 0 atom stereocenters. The number of aromatic nitrogens is 2. The van der Waals surface area contributed by atoms with Crippen molar-refractivity contribution in [1.82, 2.24) is 19.4 Å². The highest BCUT2D eigenvalue weighted by Gasteiger charge is 2.16. The molecule has 0 unspecified atom stereocenters. The third-order valence-electron chi connectivity index (χ3n) is 4.30. The molecule has 0 aliphatic rings. The Morgan fingerprint density at radius 1 is 1.16 bits per heavy atom. The average molecular weight is 449 g/mol. The van der Waals surface area contributed by atoms with Crippen molar-refractivity contribution in [3.8, 4) is 17.0 Å². The number of rotatable bonds is 10. The van der Waals surface area contributed by atoms with E-state index >= 15 is 0 Å². The van der Waals surface area contributed by atoms with Crippen LogP contribution in [-0.2, 0) is 19.5 Å². The molecule has 0 aliphatic heterocycles. The SMILES string of the molecule is CNC(=O)Oc1ccc2ncc(-c3cccc(S(=O)(=O)NCCOCCOC)c3)n2c1. The summed E-state index contributed by atoms with van der Waals surface area (Å²) in [5.41, 5.74) is 1.92. The van der Waals surface area contributed by atoms with Crippen LogP contribution in [0.25, 0.3) is 16.9 Å². The van der Waals surface area contributed by atoms with E-state index in [1.54, 1.807) is 54.2 Å². The number of carbonyl (C=O) groups is 1. The fraction of sp³-hybridized carbons (Fsp3) is 0.300. The lowest BCUT2D eigenvalue weighted by Gasteiger charge is -2.10. The minimum absolute atomic E-state index is 0.120. The molecule has 3 rings (SSSR count). The summed E-state index contributed by atoms with van der Waals surface area (Å²) in [6.07, 6.45) is 2.65. The Kier molecular flexibility index (Phi) is 7.58. The monoisotopic (exact) mass is 448 g/mol. The fourth-order valence-electron chi connectivity index (χ4n) is 2.79. The third kappa shape index (κ3) is 5.79. The van der Waals surface area contributed by atoms with Gasteiger partial charge in [0, 0.05) is 26.3 Å². The fourth-order valence-corrected chi connectivity index (χ4v) is 3.85. The van der Waals surface area contributed by atoms with Gasteiger partial charge >= 0.3 is 6.09 Å². The van der Waals surface area contributed by atoms with Gasteiger partial charge < -0.3 is 19.5 Å². The highest BCUT2D eigenvalue weighted by molar-refractivity contribution is 7.89. The van der Waals surface area contributed by atoms with Gasteiger partial charge in [0.25, 0.3) is 0 Å². The summed E-state index contributed by atoms with van der Waals surface area (Å²) in [6, 6.07) is 9.84. The molecule has 0 saturated carbocycles. The van der Waals surface area contributed by atoms with E-state index in [0.29, 0.717) is 35.9 Å². The molecule has 166 valence electrons. The van der Waals surface area contributed by atoms with Crippen molar-refractivity contribution in [2.45, 2.75) is 4.90 Å². The van der Waals surface area contributed by atoms with Gasteiger partial charge in [-0.05, 0) is 24.3 Å². The topological polar surface area (TPSA) is 120 Å². The minimum Gasteiger partial charge on any atom is -0.409 e. The number of nitrogens with one attached hydrogen (secondary N) is 2. The number of carbonyl (C=O) groups excluding carboxylic acids is 1. The van der Waals surface area contributed by atoms with E-state index in [2.05, 4.69) is 15.0 Å². The zero-order chi connectivity index (χ0) is 22.3. The molecule has 1 aromatic carbocycles. The van der Waals surface area contributed by atoms with Crippen LogP contribution in [-0.4, -0.2) is 64.4 Å². The molecule has 2 N–H and O–H groups in total. The minimum atomic E-state index is -3.72. The van der Waals surface area contributed by atoms with Crippen LogP contribution in [0.15, 0.2) is 53.7 Å². The van der Waals surface area contributed by atoms with Crippen molar-refractivity contribution in [1.29, 1.82) is 0 Å². The molecule has 31 heavy (non-hydrogen) atoms. The molecule has 0 bridgehead atoms. The molecular weight excluding hydrogens is 424 g/mol. The van der Waals surface area contributed by atoms with E-state index in [1.807, 2.05) is 0 Å². The van der Waals surface area contributed by atoms with Gasteiger partial charge in [0.15, 0.2) is 0 Å². The zero-order valence-electron chi connectivity index (χ0n) is 17.2. The largest absolute Gasteiger partial charge is 0.412 e. The van der Waals surface area contributed by atoms with Crippen LogP contribution >= 0.6 is 0 Å². The summed E-state index contributed by atoms with van der Waals surface area (Å²) in [5.74, 6) is 0.324. The van der Waals surface area contributed by atoms with Crippen LogP contribution in [0.2, 0.25) is 0 Å². The summed E-state index contributed by atoms with van der Waals surface area (Å²) in [6.45, 7) is 1.23. The van der Waals surface area contributed by atoms with Crippen molar-refractivity contribution in [2.24, 2.45) is 0 Å². The maximum Gasteiger partial charge on any atom is 0.412 e. The molecule has 0 spiro atoms. The second-order valence-electron chi connectivity index (χ2n) is 6.41. The van der Waals surface area contributed by atoms with Gasteiger partial charge in [0.05, 0.1) is 42.8 Å². The predicted molar refractivity (Wildman–Crippen MR) is 114 cm³/mol.